The van der Waals surface area contributed by atoms with Gasteiger partial charge in [-0.25, -0.2) is 9.38 Å². The van der Waals surface area contributed by atoms with Gasteiger partial charge in [0.1, 0.15) is 30.5 Å². The highest BCUT2D eigenvalue weighted by Gasteiger charge is 2.12. The maximum atomic E-state index is 13.2. The largest absolute Gasteiger partial charge is 0.497 e. The molecule has 0 atom stereocenters. The lowest BCUT2D eigenvalue weighted by atomic mass is 10.1. The molecule has 0 fully saturated rings. The normalized spacial score (nSPS) is 11.9. The minimum absolute atomic E-state index is 0.0967. The lowest BCUT2D eigenvalue weighted by Crippen LogP contribution is -2.22. The number of fused-ring (bicyclic) bond motifs is 3. The van der Waals surface area contributed by atoms with Crippen LogP contribution in [0.1, 0.15) is 16.7 Å². The minimum atomic E-state index is -0.0967. The molecule has 0 saturated carbocycles. The first-order valence-electron chi connectivity index (χ1n) is 11.0. The number of aryl methyl sites for hydroxylation is 2. The van der Waals surface area contributed by atoms with Crippen molar-refractivity contribution in [2.75, 3.05) is 20.3 Å². The summed E-state index contributed by atoms with van der Waals surface area (Å²) in [6.45, 7) is 4.90. The molecular weight excluding hydrogens is 448 g/mol. The maximum absolute atomic E-state index is 13.2. The van der Waals surface area contributed by atoms with Crippen molar-refractivity contribution in [2.24, 2.45) is 0 Å². The number of nitrogens with zero attached hydrogens (tertiary/aromatic N) is 2. The van der Waals surface area contributed by atoms with Crippen molar-refractivity contribution in [1.29, 1.82) is 0 Å². The molecule has 172 valence electrons. The topological polar surface area (TPSA) is 62.1 Å². The lowest BCUT2D eigenvalue weighted by molar-refractivity contribution is 0.216. The molecule has 0 saturated heterocycles. The highest BCUT2D eigenvalue weighted by molar-refractivity contribution is 7.15. The quantitative estimate of drug-likeness (QED) is 0.326. The molecule has 0 N–H and O–H groups in total. The van der Waals surface area contributed by atoms with E-state index in [1.165, 1.54) is 22.5 Å². The van der Waals surface area contributed by atoms with Gasteiger partial charge in [0, 0.05) is 5.56 Å². The van der Waals surface area contributed by atoms with Crippen LogP contribution < -0.4 is 24.3 Å². The molecule has 34 heavy (non-hydrogen) atoms. The van der Waals surface area contributed by atoms with Crippen LogP contribution in [0.5, 0.6) is 17.2 Å². The molecule has 7 heteroatoms. The average molecular weight is 473 g/mol. The number of rotatable bonds is 7. The summed E-state index contributed by atoms with van der Waals surface area (Å²) in [5.41, 5.74) is 4.70. The van der Waals surface area contributed by atoms with Crippen LogP contribution in [0.2, 0.25) is 0 Å². The number of methoxy groups -OCH3 is 1. The number of thiazole rings is 1. The summed E-state index contributed by atoms with van der Waals surface area (Å²) in [6, 6.07) is 19.2. The van der Waals surface area contributed by atoms with Crippen LogP contribution in [0.25, 0.3) is 22.1 Å². The fourth-order valence-electron chi connectivity index (χ4n) is 3.77. The Labute approximate surface area is 200 Å². The van der Waals surface area contributed by atoms with Crippen molar-refractivity contribution >= 4 is 33.4 Å². The molecule has 2 aromatic heterocycles. The third-order valence-electron chi connectivity index (χ3n) is 5.74. The van der Waals surface area contributed by atoms with Gasteiger partial charge in [-0.1, -0.05) is 29.5 Å². The molecule has 0 spiro atoms. The van der Waals surface area contributed by atoms with Gasteiger partial charge in [0.15, 0.2) is 4.96 Å². The zero-order valence-corrected chi connectivity index (χ0v) is 20.0. The van der Waals surface area contributed by atoms with Gasteiger partial charge in [0.05, 0.1) is 22.7 Å². The predicted molar refractivity (Wildman–Crippen MR) is 136 cm³/mol. The second-order valence-electron chi connectivity index (χ2n) is 7.98. The highest BCUT2D eigenvalue weighted by Crippen LogP contribution is 2.25. The first kappa shape index (κ1) is 22.0. The van der Waals surface area contributed by atoms with Crippen LogP contribution in [0.3, 0.4) is 0 Å². The van der Waals surface area contributed by atoms with E-state index in [0.717, 1.165) is 22.3 Å². The monoisotopic (exact) mass is 472 g/mol. The van der Waals surface area contributed by atoms with Gasteiger partial charge in [-0.3, -0.25) is 4.79 Å². The zero-order chi connectivity index (χ0) is 23.7. The fraction of sp³-hybridized carbons (Fsp3) is 0.185. The van der Waals surface area contributed by atoms with E-state index in [1.807, 2.05) is 66.7 Å². The van der Waals surface area contributed by atoms with Crippen molar-refractivity contribution in [3.05, 3.63) is 92.2 Å². The van der Waals surface area contributed by atoms with Crippen molar-refractivity contribution in [3.63, 3.8) is 0 Å². The molecule has 5 aromatic rings. The molecule has 6 nitrogen and oxygen atoms in total. The summed E-state index contributed by atoms with van der Waals surface area (Å²) in [7, 11) is 1.61. The van der Waals surface area contributed by atoms with Gasteiger partial charge >= 0.3 is 0 Å². The van der Waals surface area contributed by atoms with Gasteiger partial charge in [-0.05, 0) is 73.5 Å². The molecule has 0 amide bonds. The van der Waals surface area contributed by atoms with E-state index in [0.29, 0.717) is 34.2 Å². The number of hydrogen-bond donors (Lipinski definition) is 0. The van der Waals surface area contributed by atoms with Gasteiger partial charge < -0.3 is 14.2 Å². The first-order chi connectivity index (χ1) is 16.5. The van der Waals surface area contributed by atoms with Crippen LogP contribution in [0.15, 0.2) is 65.5 Å². The van der Waals surface area contributed by atoms with Gasteiger partial charge in [-0.2, -0.15) is 0 Å². The van der Waals surface area contributed by atoms with Gasteiger partial charge in [0.25, 0.3) is 5.56 Å². The van der Waals surface area contributed by atoms with Crippen molar-refractivity contribution < 1.29 is 14.2 Å². The number of imidazole rings is 1. The molecule has 3 aromatic carbocycles. The summed E-state index contributed by atoms with van der Waals surface area (Å²) in [4.78, 5) is 18.4. The van der Waals surface area contributed by atoms with Crippen molar-refractivity contribution in [2.45, 2.75) is 13.8 Å². The third kappa shape index (κ3) is 4.22. The molecule has 0 aliphatic heterocycles. The molecule has 0 unspecified atom stereocenters. The third-order valence-corrected chi connectivity index (χ3v) is 6.71. The average Bonchev–Trinajstić information content (AvgIpc) is 3.35. The number of benzene rings is 3. The Morgan fingerprint density at radius 1 is 0.941 bits per heavy atom. The lowest BCUT2D eigenvalue weighted by Gasteiger charge is -2.12. The number of ether oxygens (including phenoxy) is 3. The second kappa shape index (κ2) is 9.19. The molecule has 0 radical (unpaired) electrons. The molecule has 5 rings (SSSR count). The molecular formula is C27H24N2O4S. The van der Waals surface area contributed by atoms with E-state index in [2.05, 4.69) is 18.8 Å². The SMILES string of the molecule is COc1ccc(OCCOc2ccc(C)c(C)c2)c(/C=c2\sc3nc4ccccc4n3c2=O)c1. The number of hydrogen-bond acceptors (Lipinski definition) is 6. The van der Waals surface area contributed by atoms with E-state index in [4.69, 9.17) is 14.2 Å². The standard InChI is InChI=1S/C27H24N2O4S/c1-17-8-9-21(14-18(17)2)32-12-13-33-24-11-10-20(31-3)15-19(24)16-25-26(30)29-23-7-5-4-6-22(23)28-27(29)34-25/h4-11,14-16H,12-13H2,1-3H3/b25-16-. The molecule has 0 aliphatic carbocycles. The predicted octanol–water partition coefficient (Wildman–Crippen LogP) is 4.54. The molecule has 0 bridgehead atoms. The van der Waals surface area contributed by atoms with Gasteiger partial charge in [-0.15, -0.1) is 0 Å². The summed E-state index contributed by atoms with van der Waals surface area (Å²) < 4.78 is 19.5. The first-order valence-corrected chi connectivity index (χ1v) is 11.8. The van der Waals surface area contributed by atoms with Crippen LogP contribution >= 0.6 is 11.3 Å². The summed E-state index contributed by atoms with van der Waals surface area (Å²) in [5, 5.41) is 0. The van der Waals surface area contributed by atoms with Crippen LogP contribution in [0, 0.1) is 13.8 Å². The van der Waals surface area contributed by atoms with E-state index < -0.39 is 0 Å². The summed E-state index contributed by atoms with van der Waals surface area (Å²) >= 11 is 1.36. The number of para-hydroxylation sites is 2. The van der Waals surface area contributed by atoms with Crippen LogP contribution in [-0.2, 0) is 0 Å². The molecule has 2 heterocycles. The van der Waals surface area contributed by atoms with Crippen LogP contribution in [0.4, 0.5) is 0 Å². The smallest absolute Gasteiger partial charge is 0.274 e. The summed E-state index contributed by atoms with van der Waals surface area (Å²) in [5.74, 6) is 2.15. The Morgan fingerprint density at radius 3 is 2.56 bits per heavy atom. The van der Waals surface area contributed by atoms with Crippen molar-refractivity contribution in [3.8, 4) is 17.2 Å². The second-order valence-corrected chi connectivity index (χ2v) is 8.99. The van der Waals surface area contributed by atoms with E-state index in [9.17, 15) is 4.79 Å². The highest BCUT2D eigenvalue weighted by atomic mass is 32.1. The van der Waals surface area contributed by atoms with Crippen LogP contribution in [-0.4, -0.2) is 29.7 Å². The Kier molecular flexibility index (Phi) is 5.94. The minimum Gasteiger partial charge on any atom is -0.497 e. The van der Waals surface area contributed by atoms with E-state index in [-0.39, 0.29) is 5.56 Å². The molecule has 0 aliphatic rings. The Hall–Kier alpha value is -3.84. The Bertz CT molecular complexity index is 1600. The zero-order valence-electron chi connectivity index (χ0n) is 19.2. The Morgan fingerprint density at radius 2 is 1.74 bits per heavy atom. The number of aromatic nitrogens is 2. The Balaban J connectivity index is 1.41. The van der Waals surface area contributed by atoms with Crippen molar-refractivity contribution in [1.82, 2.24) is 9.38 Å². The fourth-order valence-corrected chi connectivity index (χ4v) is 4.74. The summed E-state index contributed by atoms with van der Waals surface area (Å²) in [6.07, 6.45) is 1.83. The van der Waals surface area contributed by atoms with E-state index >= 15 is 0 Å². The maximum Gasteiger partial charge on any atom is 0.274 e. The van der Waals surface area contributed by atoms with E-state index in [1.54, 1.807) is 11.5 Å². The van der Waals surface area contributed by atoms with Gasteiger partial charge in [0.2, 0.25) is 0 Å².